The van der Waals surface area contributed by atoms with Crippen LogP contribution in [0.4, 0.5) is 0 Å². The van der Waals surface area contributed by atoms with Gasteiger partial charge in [0.15, 0.2) is 0 Å². The molecule has 0 saturated carbocycles. The van der Waals surface area contributed by atoms with Crippen LogP contribution in [0.5, 0.6) is 0 Å². The predicted octanol–water partition coefficient (Wildman–Crippen LogP) is 2.77. The van der Waals surface area contributed by atoms with E-state index in [1.807, 2.05) is 6.92 Å². The Kier molecular flexibility index (Phi) is 4.85. The molecule has 2 aromatic rings. The maximum atomic E-state index is 10.6. The fourth-order valence-electron chi connectivity index (χ4n) is 1.62. The number of nitrogens with zero attached hydrogens (tertiary/aromatic N) is 4. The largest absolute Gasteiger partial charge is 0.481 e. The third kappa shape index (κ3) is 3.41. The molecule has 0 saturated heterocycles. The van der Waals surface area contributed by atoms with Gasteiger partial charge in [0, 0.05) is 10.0 Å². The Morgan fingerprint density at radius 3 is 2.90 bits per heavy atom. The van der Waals surface area contributed by atoms with E-state index in [0.717, 1.165) is 17.3 Å². The summed E-state index contributed by atoms with van der Waals surface area (Å²) in [7, 11) is 0. The van der Waals surface area contributed by atoms with Gasteiger partial charge in [0.2, 0.25) is 5.16 Å². The van der Waals surface area contributed by atoms with Crippen molar-refractivity contribution < 1.29 is 9.90 Å². The van der Waals surface area contributed by atoms with E-state index in [1.165, 1.54) is 4.68 Å². The molecule has 106 valence electrons. The number of halogens is 2. The number of aliphatic carboxylic acids is 1. The summed E-state index contributed by atoms with van der Waals surface area (Å²) in [4.78, 5) is 10.6. The second-order valence-electron chi connectivity index (χ2n) is 3.93. The van der Waals surface area contributed by atoms with Crippen molar-refractivity contribution in [1.29, 1.82) is 0 Å². The smallest absolute Gasteiger partial charge is 0.313 e. The highest BCUT2D eigenvalue weighted by molar-refractivity contribution is 7.99. The van der Waals surface area contributed by atoms with Crippen LogP contribution in [0.2, 0.25) is 10.0 Å². The van der Waals surface area contributed by atoms with Crippen LogP contribution in [0, 0.1) is 0 Å². The third-order valence-electron chi connectivity index (χ3n) is 2.57. The van der Waals surface area contributed by atoms with Crippen molar-refractivity contribution in [3.05, 3.63) is 33.8 Å². The van der Waals surface area contributed by atoms with Crippen LogP contribution in [0.25, 0.3) is 0 Å². The van der Waals surface area contributed by atoms with Gasteiger partial charge in [0.05, 0.1) is 11.8 Å². The molecule has 9 heteroatoms. The first-order valence-corrected chi connectivity index (χ1v) is 7.30. The molecule has 0 radical (unpaired) electrons. The molecule has 20 heavy (non-hydrogen) atoms. The van der Waals surface area contributed by atoms with Crippen molar-refractivity contribution in [2.45, 2.75) is 18.1 Å². The first-order chi connectivity index (χ1) is 9.49. The molecule has 1 unspecified atom stereocenters. The van der Waals surface area contributed by atoms with E-state index in [2.05, 4.69) is 15.5 Å². The van der Waals surface area contributed by atoms with Crippen LogP contribution >= 0.6 is 35.0 Å². The summed E-state index contributed by atoms with van der Waals surface area (Å²) in [5, 5.41) is 21.4. The van der Waals surface area contributed by atoms with Gasteiger partial charge in [-0.25, -0.2) is 4.68 Å². The molecule has 0 aliphatic carbocycles. The van der Waals surface area contributed by atoms with Gasteiger partial charge in [0.25, 0.3) is 0 Å². The van der Waals surface area contributed by atoms with Crippen LogP contribution in [-0.2, 0) is 4.79 Å². The van der Waals surface area contributed by atoms with E-state index < -0.39 is 5.97 Å². The molecular weight excluding hydrogens is 323 g/mol. The van der Waals surface area contributed by atoms with Gasteiger partial charge in [-0.15, -0.1) is 5.10 Å². The number of hydrogen-bond acceptors (Lipinski definition) is 5. The number of aromatic nitrogens is 4. The van der Waals surface area contributed by atoms with Crippen molar-refractivity contribution in [3.63, 3.8) is 0 Å². The van der Waals surface area contributed by atoms with E-state index in [-0.39, 0.29) is 11.8 Å². The summed E-state index contributed by atoms with van der Waals surface area (Å²) in [6.45, 7) is 1.87. The molecule has 0 amide bonds. The standard InChI is InChI=1S/C11H10Cl2N4O2S/c1-6(8-3-2-7(12)4-9(8)13)17-11(14-15-16-17)20-5-10(18)19/h2-4,6H,5H2,1H3,(H,18,19). The van der Waals surface area contributed by atoms with Gasteiger partial charge in [-0.2, -0.15) is 0 Å². The van der Waals surface area contributed by atoms with Crippen molar-refractivity contribution in [3.8, 4) is 0 Å². The lowest BCUT2D eigenvalue weighted by atomic mass is 10.1. The topological polar surface area (TPSA) is 80.9 Å². The minimum absolute atomic E-state index is 0.110. The summed E-state index contributed by atoms with van der Waals surface area (Å²) in [6, 6.07) is 4.94. The van der Waals surface area contributed by atoms with Gasteiger partial charge in [0.1, 0.15) is 0 Å². The molecule has 6 nitrogen and oxygen atoms in total. The first kappa shape index (κ1) is 15.1. The monoisotopic (exact) mass is 332 g/mol. The minimum Gasteiger partial charge on any atom is -0.481 e. The van der Waals surface area contributed by atoms with Crippen LogP contribution < -0.4 is 0 Å². The number of carboxylic acids is 1. The van der Waals surface area contributed by atoms with E-state index in [0.29, 0.717) is 15.2 Å². The van der Waals surface area contributed by atoms with Crippen LogP contribution in [0.1, 0.15) is 18.5 Å². The molecule has 1 heterocycles. The lowest BCUT2D eigenvalue weighted by Gasteiger charge is -2.15. The Balaban J connectivity index is 2.27. The lowest BCUT2D eigenvalue weighted by molar-refractivity contribution is -0.133. The Hall–Kier alpha value is -1.31. The Bertz CT molecular complexity index is 635. The number of tetrazole rings is 1. The van der Waals surface area contributed by atoms with E-state index in [4.69, 9.17) is 28.3 Å². The average Bonchev–Trinajstić information content (AvgIpc) is 2.83. The van der Waals surface area contributed by atoms with Crippen molar-refractivity contribution in [2.75, 3.05) is 5.75 Å². The normalized spacial score (nSPS) is 12.3. The maximum Gasteiger partial charge on any atom is 0.313 e. The number of carboxylic acid groups (broad SMARTS) is 1. The Labute approximate surface area is 129 Å². The molecule has 0 aliphatic rings. The summed E-state index contributed by atoms with van der Waals surface area (Å²) in [5.41, 5.74) is 0.806. The number of hydrogen-bond donors (Lipinski definition) is 1. The van der Waals surface area contributed by atoms with Crippen molar-refractivity contribution in [1.82, 2.24) is 20.2 Å². The van der Waals surface area contributed by atoms with Crippen LogP contribution in [-0.4, -0.2) is 37.0 Å². The lowest BCUT2D eigenvalue weighted by Crippen LogP contribution is -2.11. The van der Waals surface area contributed by atoms with Crippen molar-refractivity contribution >= 4 is 40.9 Å². The minimum atomic E-state index is -0.929. The zero-order chi connectivity index (χ0) is 14.7. The second kappa shape index (κ2) is 6.43. The number of rotatable bonds is 5. The first-order valence-electron chi connectivity index (χ1n) is 5.56. The van der Waals surface area contributed by atoms with Gasteiger partial charge < -0.3 is 5.11 Å². The van der Waals surface area contributed by atoms with Gasteiger partial charge >= 0.3 is 5.97 Å². The molecule has 1 atom stereocenters. The highest BCUT2D eigenvalue weighted by Gasteiger charge is 2.18. The SMILES string of the molecule is CC(c1ccc(Cl)cc1Cl)n1nnnc1SCC(=O)O. The van der Waals surface area contributed by atoms with E-state index >= 15 is 0 Å². The average molecular weight is 333 g/mol. The van der Waals surface area contributed by atoms with E-state index in [1.54, 1.807) is 18.2 Å². The highest BCUT2D eigenvalue weighted by Crippen LogP contribution is 2.30. The molecule has 0 bridgehead atoms. The highest BCUT2D eigenvalue weighted by atomic mass is 35.5. The number of thioether (sulfide) groups is 1. The fourth-order valence-corrected chi connectivity index (χ4v) is 2.86. The number of benzene rings is 1. The summed E-state index contributed by atoms with van der Waals surface area (Å²) in [5.74, 6) is -1.04. The zero-order valence-electron chi connectivity index (χ0n) is 10.3. The van der Waals surface area contributed by atoms with Gasteiger partial charge in [-0.05, 0) is 35.0 Å². The maximum absolute atomic E-state index is 10.6. The quantitative estimate of drug-likeness (QED) is 0.848. The van der Waals surface area contributed by atoms with Crippen LogP contribution in [0.3, 0.4) is 0 Å². The summed E-state index contributed by atoms with van der Waals surface area (Å²) in [6.07, 6.45) is 0. The number of carbonyl (C=O) groups is 1. The molecule has 1 aromatic carbocycles. The van der Waals surface area contributed by atoms with Crippen molar-refractivity contribution in [2.24, 2.45) is 0 Å². The van der Waals surface area contributed by atoms with E-state index in [9.17, 15) is 4.79 Å². The van der Waals surface area contributed by atoms with Crippen LogP contribution in [0.15, 0.2) is 23.4 Å². The Morgan fingerprint density at radius 1 is 1.50 bits per heavy atom. The fraction of sp³-hybridized carbons (Fsp3) is 0.273. The summed E-state index contributed by atoms with van der Waals surface area (Å²) >= 11 is 13.1. The predicted molar refractivity (Wildman–Crippen MR) is 76.5 cm³/mol. The molecule has 2 rings (SSSR count). The molecular formula is C11H10Cl2N4O2S. The van der Waals surface area contributed by atoms with Gasteiger partial charge in [-0.1, -0.05) is 41.0 Å². The Morgan fingerprint density at radius 2 is 2.25 bits per heavy atom. The molecule has 1 aromatic heterocycles. The molecule has 0 fully saturated rings. The van der Waals surface area contributed by atoms with Gasteiger partial charge in [-0.3, -0.25) is 4.79 Å². The second-order valence-corrected chi connectivity index (χ2v) is 5.72. The molecule has 0 aliphatic heterocycles. The third-order valence-corrected chi connectivity index (χ3v) is 4.05. The zero-order valence-corrected chi connectivity index (χ0v) is 12.7. The molecule has 1 N–H and O–H groups in total. The summed E-state index contributed by atoms with van der Waals surface area (Å²) < 4.78 is 1.53. The molecule has 0 spiro atoms.